The van der Waals surface area contributed by atoms with E-state index in [0.717, 1.165) is 5.56 Å². The summed E-state index contributed by atoms with van der Waals surface area (Å²) in [6.07, 6.45) is 1.39. The predicted molar refractivity (Wildman–Crippen MR) is 54.7 cm³/mol. The molecular weight excluding hydrogens is 216 g/mol. The second-order valence-electron chi connectivity index (χ2n) is 2.76. The van der Waals surface area contributed by atoms with Crippen LogP contribution in [0.4, 0.5) is 5.82 Å². The average molecular weight is 221 g/mol. The molecule has 0 amide bonds. The van der Waals surface area contributed by atoms with Gasteiger partial charge >= 0.3 is 0 Å². The number of aliphatic imine (C=N–C) groups is 1. The highest BCUT2D eigenvalue weighted by atomic mass is 35.5. The topological polar surface area (TPSA) is 55.5 Å². The van der Waals surface area contributed by atoms with Crippen LogP contribution < -0.4 is 0 Å². The summed E-state index contributed by atoms with van der Waals surface area (Å²) >= 11 is 5.74. The van der Waals surface area contributed by atoms with Gasteiger partial charge in [0.1, 0.15) is 0 Å². The first-order chi connectivity index (χ1) is 7.29. The fraction of sp³-hybridized carbons (Fsp3) is 0. The molecule has 2 aromatic rings. The van der Waals surface area contributed by atoms with Crippen LogP contribution in [0.3, 0.4) is 0 Å². The Balaban J connectivity index is 2.37. The van der Waals surface area contributed by atoms with Crippen molar-refractivity contribution in [2.24, 2.45) is 4.99 Å². The predicted octanol–water partition coefficient (Wildman–Crippen LogP) is 2.96. The molecule has 0 spiro atoms. The van der Waals surface area contributed by atoms with E-state index in [1.54, 1.807) is 30.3 Å². The number of benzene rings is 1. The number of aromatic nitrogens is 1. The van der Waals surface area contributed by atoms with Crippen LogP contribution in [0.25, 0.3) is 11.3 Å². The molecule has 0 aliphatic carbocycles. The number of hydrogen-bond acceptors (Lipinski definition) is 4. The van der Waals surface area contributed by atoms with Gasteiger partial charge in [-0.2, -0.15) is 0 Å². The van der Waals surface area contributed by atoms with Gasteiger partial charge in [-0.05, 0) is 24.3 Å². The fourth-order valence-corrected chi connectivity index (χ4v) is 1.24. The van der Waals surface area contributed by atoms with Crippen LogP contribution in [-0.2, 0) is 4.79 Å². The third kappa shape index (κ3) is 2.13. The number of isocyanates is 1. The van der Waals surface area contributed by atoms with Gasteiger partial charge in [-0.15, -0.1) is 4.99 Å². The largest absolute Gasteiger partial charge is 0.354 e. The lowest BCUT2D eigenvalue weighted by Gasteiger charge is -1.93. The maximum atomic E-state index is 9.97. The molecule has 0 atom stereocenters. The molecule has 5 heteroatoms. The van der Waals surface area contributed by atoms with Gasteiger partial charge in [0.2, 0.25) is 11.9 Å². The number of nitrogens with zero attached hydrogens (tertiary/aromatic N) is 2. The van der Waals surface area contributed by atoms with Crippen molar-refractivity contribution < 1.29 is 9.32 Å². The zero-order valence-electron chi connectivity index (χ0n) is 7.48. The minimum absolute atomic E-state index is 0.204. The second-order valence-corrected chi connectivity index (χ2v) is 3.20. The van der Waals surface area contributed by atoms with E-state index in [1.165, 1.54) is 6.08 Å². The lowest BCUT2D eigenvalue weighted by atomic mass is 10.2. The van der Waals surface area contributed by atoms with Gasteiger partial charge < -0.3 is 4.52 Å². The molecule has 4 nitrogen and oxygen atoms in total. The van der Waals surface area contributed by atoms with Crippen molar-refractivity contribution in [3.63, 3.8) is 0 Å². The minimum Gasteiger partial charge on any atom is -0.354 e. The average Bonchev–Trinajstić information content (AvgIpc) is 2.68. The van der Waals surface area contributed by atoms with Crippen LogP contribution in [0.2, 0.25) is 5.02 Å². The summed E-state index contributed by atoms with van der Waals surface area (Å²) in [4.78, 5) is 13.3. The Morgan fingerprint density at radius 2 is 2.07 bits per heavy atom. The zero-order valence-corrected chi connectivity index (χ0v) is 8.23. The first kappa shape index (κ1) is 9.65. The van der Waals surface area contributed by atoms with Crippen LogP contribution in [0.5, 0.6) is 0 Å². The van der Waals surface area contributed by atoms with Crippen LogP contribution in [-0.4, -0.2) is 11.2 Å². The molecule has 1 aromatic heterocycles. The summed E-state index contributed by atoms with van der Waals surface area (Å²) in [7, 11) is 0. The Hall–Kier alpha value is -1.90. The molecule has 1 heterocycles. The lowest BCUT2D eigenvalue weighted by Crippen LogP contribution is -1.71. The summed E-state index contributed by atoms with van der Waals surface area (Å²) in [6, 6.07) is 8.60. The van der Waals surface area contributed by atoms with Crippen molar-refractivity contribution in [2.45, 2.75) is 0 Å². The first-order valence-corrected chi connectivity index (χ1v) is 4.48. The molecule has 0 aliphatic heterocycles. The molecule has 0 fully saturated rings. The van der Waals surface area contributed by atoms with E-state index >= 15 is 0 Å². The SMILES string of the molecule is O=C=Nc1cc(-c2ccc(Cl)cc2)on1. The van der Waals surface area contributed by atoms with E-state index in [2.05, 4.69) is 10.1 Å². The molecule has 0 bridgehead atoms. The Labute approximate surface area is 90.2 Å². The van der Waals surface area contributed by atoms with Crippen molar-refractivity contribution >= 4 is 23.5 Å². The maximum Gasteiger partial charge on any atom is 0.242 e. The Morgan fingerprint density at radius 1 is 1.33 bits per heavy atom. The highest BCUT2D eigenvalue weighted by Crippen LogP contribution is 2.24. The van der Waals surface area contributed by atoms with Crippen molar-refractivity contribution in [1.82, 2.24) is 5.16 Å². The Bertz CT molecular complexity index is 512. The molecule has 0 saturated heterocycles. The van der Waals surface area contributed by atoms with Crippen LogP contribution >= 0.6 is 11.6 Å². The molecule has 0 radical (unpaired) electrons. The van der Waals surface area contributed by atoms with Crippen molar-refractivity contribution in [2.75, 3.05) is 0 Å². The van der Waals surface area contributed by atoms with E-state index in [1.807, 2.05) is 0 Å². The first-order valence-electron chi connectivity index (χ1n) is 4.10. The van der Waals surface area contributed by atoms with E-state index in [9.17, 15) is 4.79 Å². The van der Waals surface area contributed by atoms with Crippen molar-refractivity contribution in [3.05, 3.63) is 35.4 Å². The normalized spacial score (nSPS) is 9.67. The van der Waals surface area contributed by atoms with Crippen LogP contribution in [0, 0.1) is 0 Å². The molecular formula is C10H5ClN2O2. The van der Waals surface area contributed by atoms with Crippen molar-refractivity contribution in [1.29, 1.82) is 0 Å². The summed E-state index contributed by atoms with van der Waals surface area (Å²) in [5.74, 6) is 0.732. The second kappa shape index (κ2) is 4.09. The quantitative estimate of drug-likeness (QED) is 0.578. The Kier molecular flexibility index (Phi) is 2.63. The van der Waals surface area contributed by atoms with Gasteiger partial charge in [0.05, 0.1) is 0 Å². The number of halogens is 1. The van der Waals surface area contributed by atoms with Crippen LogP contribution in [0.15, 0.2) is 39.8 Å². The molecule has 0 unspecified atom stereocenters. The van der Waals surface area contributed by atoms with Crippen molar-refractivity contribution in [3.8, 4) is 11.3 Å². The highest BCUT2D eigenvalue weighted by Gasteiger charge is 2.05. The van der Waals surface area contributed by atoms with Crippen LogP contribution in [0.1, 0.15) is 0 Å². The molecule has 15 heavy (non-hydrogen) atoms. The summed E-state index contributed by atoms with van der Waals surface area (Å²) in [5.41, 5.74) is 0.819. The number of carbonyl (C=O) groups excluding carboxylic acids is 1. The van der Waals surface area contributed by atoms with E-state index in [0.29, 0.717) is 10.8 Å². The molecule has 0 saturated carbocycles. The number of hydrogen-bond donors (Lipinski definition) is 0. The summed E-state index contributed by atoms with van der Waals surface area (Å²) < 4.78 is 4.98. The van der Waals surface area contributed by atoms with E-state index in [4.69, 9.17) is 16.1 Å². The minimum atomic E-state index is 0.204. The van der Waals surface area contributed by atoms with E-state index < -0.39 is 0 Å². The monoisotopic (exact) mass is 220 g/mol. The van der Waals surface area contributed by atoms with Gasteiger partial charge in [0, 0.05) is 16.7 Å². The molecule has 0 aliphatic rings. The number of rotatable bonds is 2. The van der Waals surface area contributed by atoms with E-state index in [-0.39, 0.29) is 5.82 Å². The third-order valence-corrected chi connectivity index (χ3v) is 2.04. The highest BCUT2D eigenvalue weighted by molar-refractivity contribution is 6.30. The van der Waals surface area contributed by atoms with Gasteiger partial charge in [0.25, 0.3) is 0 Å². The van der Waals surface area contributed by atoms with Gasteiger partial charge in [-0.25, -0.2) is 4.79 Å². The molecule has 0 N–H and O–H groups in total. The molecule has 1 aromatic carbocycles. The standard InChI is InChI=1S/C10H5ClN2O2/c11-8-3-1-7(2-4-8)9-5-10(12-6-14)13-15-9/h1-5H. The summed E-state index contributed by atoms with van der Waals surface area (Å²) in [6.45, 7) is 0. The molecule has 74 valence electrons. The maximum absolute atomic E-state index is 9.97. The van der Waals surface area contributed by atoms with Gasteiger partial charge in [-0.1, -0.05) is 16.8 Å². The fourth-order valence-electron chi connectivity index (χ4n) is 1.12. The third-order valence-electron chi connectivity index (χ3n) is 1.79. The zero-order chi connectivity index (χ0) is 10.7. The lowest BCUT2D eigenvalue weighted by molar-refractivity contribution is 0.434. The Morgan fingerprint density at radius 3 is 2.73 bits per heavy atom. The summed E-state index contributed by atoms with van der Waals surface area (Å²) in [5, 5.41) is 4.21. The van der Waals surface area contributed by atoms with Gasteiger partial charge in [-0.3, -0.25) is 0 Å². The van der Waals surface area contributed by atoms with Gasteiger partial charge in [0.15, 0.2) is 5.76 Å². The molecule has 2 rings (SSSR count). The smallest absolute Gasteiger partial charge is 0.242 e.